The van der Waals surface area contributed by atoms with Gasteiger partial charge in [0.15, 0.2) is 5.16 Å². The smallest absolute Gasteiger partial charge is 0.187 e. The second-order valence-corrected chi connectivity index (χ2v) is 3.75. The van der Waals surface area contributed by atoms with Crippen LogP contribution in [-0.4, -0.2) is 28.8 Å². The number of aryl methyl sites for hydroxylation is 1. The van der Waals surface area contributed by atoms with Gasteiger partial charge in [0.25, 0.3) is 0 Å². The highest BCUT2D eigenvalue weighted by Gasteiger charge is 2.05. The highest BCUT2D eigenvalue weighted by Crippen LogP contribution is 2.12. The van der Waals surface area contributed by atoms with E-state index in [1.54, 1.807) is 13.2 Å². The molecule has 1 atom stereocenters. The fraction of sp³-hybridized carbons (Fsp3) is 0.444. The van der Waals surface area contributed by atoms with Gasteiger partial charge in [-0.3, -0.25) is 0 Å². The first kappa shape index (κ1) is 11.0. The number of nitriles is 1. The number of hydrogen-bond acceptors (Lipinski definition) is 5. The summed E-state index contributed by atoms with van der Waals surface area (Å²) in [6, 6.07) is 3.85. The maximum absolute atomic E-state index is 8.69. The van der Waals surface area contributed by atoms with Crippen LogP contribution in [0.5, 0.6) is 0 Å². The summed E-state index contributed by atoms with van der Waals surface area (Å²) in [5, 5.41) is 12.3. The highest BCUT2D eigenvalue weighted by molar-refractivity contribution is 7.99. The second kappa shape index (κ2) is 5.58. The van der Waals surface area contributed by atoms with Gasteiger partial charge in [-0.15, -0.1) is 0 Å². The number of rotatable bonds is 4. The Labute approximate surface area is 87.8 Å². The van der Waals surface area contributed by atoms with Crippen molar-refractivity contribution in [2.24, 2.45) is 0 Å². The second-order valence-electron chi connectivity index (χ2n) is 2.76. The highest BCUT2D eigenvalue weighted by atomic mass is 32.2. The van der Waals surface area contributed by atoms with E-state index in [1.165, 1.54) is 11.8 Å². The molecule has 0 bridgehead atoms. The van der Waals surface area contributed by atoms with Crippen LogP contribution in [0.2, 0.25) is 0 Å². The number of nitrogens with zero attached hydrogens (tertiary/aromatic N) is 3. The molecule has 1 heterocycles. The van der Waals surface area contributed by atoms with Gasteiger partial charge < -0.3 is 5.32 Å². The quantitative estimate of drug-likeness (QED) is 0.590. The third-order valence-corrected chi connectivity index (χ3v) is 2.61. The average Bonchev–Trinajstić information content (AvgIpc) is 2.19. The van der Waals surface area contributed by atoms with Crippen LogP contribution in [-0.2, 0) is 0 Å². The first-order chi connectivity index (χ1) is 6.76. The van der Waals surface area contributed by atoms with Gasteiger partial charge in [-0.25, -0.2) is 9.97 Å². The van der Waals surface area contributed by atoms with Crippen LogP contribution in [0.15, 0.2) is 17.4 Å². The Morgan fingerprint density at radius 1 is 1.71 bits per heavy atom. The lowest BCUT2D eigenvalue weighted by atomic mass is 10.4. The van der Waals surface area contributed by atoms with Crippen molar-refractivity contribution in [3.8, 4) is 6.07 Å². The molecular formula is C9H12N4S. The molecule has 0 saturated heterocycles. The van der Waals surface area contributed by atoms with E-state index >= 15 is 0 Å². The minimum Gasteiger partial charge on any atom is -0.304 e. The van der Waals surface area contributed by atoms with Crippen LogP contribution in [0.3, 0.4) is 0 Å². The Bertz CT molecular complexity index is 334. The molecule has 0 fully saturated rings. The molecule has 0 spiro atoms. The van der Waals surface area contributed by atoms with E-state index in [4.69, 9.17) is 5.26 Å². The molecule has 1 unspecified atom stereocenters. The molecule has 0 saturated carbocycles. The summed E-state index contributed by atoms with van der Waals surface area (Å²) in [6.45, 7) is 1.92. The molecule has 74 valence electrons. The lowest BCUT2D eigenvalue weighted by Crippen LogP contribution is -2.25. The van der Waals surface area contributed by atoms with E-state index in [0.29, 0.717) is 5.75 Å². The van der Waals surface area contributed by atoms with Crippen LogP contribution < -0.4 is 5.32 Å². The molecule has 0 aliphatic carbocycles. The zero-order chi connectivity index (χ0) is 10.4. The molecule has 1 rings (SSSR count). The lowest BCUT2D eigenvalue weighted by Gasteiger charge is -2.05. The summed E-state index contributed by atoms with van der Waals surface area (Å²) in [5.41, 5.74) is 0.945. The maximum atomic E-state index is 8.69. The van der Waals surface area contributed by atoms with Crippen molar-refractivity contribution < 1.29 is 0 Å². The minimum atomic E-state index is -0.149. The monoisotopic (exact) mass is 208 g/mol. The number of hydrogen-bond donors (Lipinski definition) is 1. The van der Waals surface area contributed by atoms with Gasteiger partial charge in [-0.1, -0.05) is 11.8 Å². The molecule has 1 aromatic rings. The zero-order valence-electron chi connectivity index (χ0n) is 8.19. The summed E-state index contributed by atoms with van der Waals surface area (Å²) in [5.74, 6) is 0.663. The van der Waals surface area contributed by atoms with Crippen molar-refractivity contribution >= 4 is 11.8 Å². The van der Waals surface area contributed by atoms with Crippen LogP contribution in [0.1, 0.15) is 5.69 Å². The minimum absolute atomic E-state index is 0.149. The van der Waals surface area contributed by atoms with Gasteiger partial charge >= 0.3 is 0 Å². The van der Waals surface area contributed by atoms with Crippen molar-refractivity contribution in [1.82, 2.24) is 15.3 Å². The molecule has 0 aliphatic rings. The summed E-state index contributed by atoms with van der Waals surface area (Å²) >= 11 is 1.48. The van der Waals surface area contributed by atoms with E-state index < -0.39 is 0 Å². The van der Waals surface area contributed by atoms with E-state index in [9.17, 15) is 0 Å². The SMILES string of the molecule is CNC(C#N)CSc1nccc(C)n1. The molecular weight excluding hydrogens is 196 g/mol. The Morgan fingerprint density at radius 3 is 3.07 bits per heavy atom. The van der Waals surface area contributed by atoms with Crippen LogP contribution in [0, 0.1) is 18.3 Å². The fourth-order valence-electron chi connectivity index (χ4n) is 0.838. The van der Waals surface area contributed by atoms with E-state index in [2.05, 4.69) is 21.4 Å². The Balaban J connectivity index is 2.50. The summed E-state index contributed by atoms with van der Waals surface area (Å²) in [4.78, 5) is 8.32. The molecule has 0 radical (unpaired) electrons. The normalized spacial score (nSPS) is 12.1. The van der Waals surface area contributed by atoms with Crippen molar-refractivity contribution in [2.75, 3.05) is 12.8 Å². The molecule has 0 aliphatic heterocycles. The number of nitrogens with one attached hydrogen (secondary N) is 1. The molecule has 5 heteroatoms. The first-order valence-electron chi connectivity index (χ1n) is 4.25. The van der Waals surface area contributed by atoms with Crippen molar-refractivity contribution in [1.29, 1.82) is 5.26 Å². The number of aromatic nitrogens is 2. The van der Waals surface area contributed by atoms with E-state index in [0.717, 1.165) is 10.9 Å². The molecule has 1 aromatic heterocycles. The fourth-order valence-corrected chi connectivity index (χ4v) is 1.74. The maximum Gasteiger partial charge on any atom is 0.187 e. The first-order valence-corrected chi connectivity index (χ1v) is 5.24. The van der Waals surface area contributed by atoms with Crippen molar-refractivity contribution in [3.63, 3.8) is 0 Å². The summed E-state index contributed by atoms with van der Waals surface area (Å²) < 4.78 is 0. The lowest BCUT2D eigenvalue weighted by molar-refractivity contribution is 0.748. The molecule has 1 N–H and O–H groups in total. The Hall–Kier alpha value is -1.12. The summed E-state index contributed by atoms with van der Waals surface area (Å²) in [6.07, 6.45) is 1.73. The van der Waals surface area contributed by atoms with Gasteiger partial charge in [0.2, 0.25) is 0 Å². The largest absolute Gasteiger partial charge is 0.304 e. The number of thioether (sulfide) groups is 1. The molecule has 0 amide bonds. The molecule has 0 aromatic carbocycles. The molecule has 14 heavy (non-hydrogen) atoms. The zero-order valence-corrected chi connectivity index (χ0v) is 9.01. The van der Waals surface area contributed by atoms with Gasteiger partial charge in [0, 0.05) is 17.6 Å². The van der Waals surface area contributed by atoms with Crippen molar-refractivity contribution in [3.05, 3.63) is 18.0 Å². The summed E-state index contributed by atoms with van der Waals surface area (Å²) in [7, 11) is 1.77. The van der Waals surface area contributed by atoms with Gasteiger partial charge in [-0.2, -0.15) is 5.26 Å². The standard InChI is InChI=1S/C9H12N4S/c1-7-3-4-12-9(13-7)14-6-8(5-10)11-2/h3-4,8,11H,6H2,1-2H3. The Kier molecular flexibility index (Phi) is 4.36. The average molecular weight is 208 g/mol. The van der Waals surface area contributed by atoms with E-state index in [1.807, 2.05) is 13.0 Å². The topological polar surface area (TPSA) is 61.6 Å². The van der Waals surface area contributed by atoms with Crippen LogP contribution >= 0.6 is 11.8 Å². The third kappa shape index (κ3) is 3.32. The molecule has 4 nitrogen and oxygen atoms in total. The third-order valence-electron chi connectivity index (χ3n) is 1.66. The van der Waals surface area contributed by atoms with Crippen LogP contribution in [0.25, 0.3) is 0 Å². The van der Waals surface area contributed by atoms with Gasteiger partial charge in [-0.05, 0) is 20.0 Å². The van der Waals surface area contributed by atoms with Gasteiger partial charge in [0.05, 0.1) is 6.07 Å². The predicted octanol–water partition coefficient (Wildman–Crippen LogP) is 0.989. The predicted molar refractivity (Wildman–Crippen MR) is 56.0 cm³/mol. The van der Waals surface area contributed by atoms with E-state index in [-0.39, 0.29) is 6.04 Å². The van der Waals surface area contributed by atoms with Crippen molar-refractivity contribution in [2.45, 2.75) is 18.1 Å². The van der Waals surface area contributed by atoms with Gasteiger partial charge in [0.1, 0.15) is 6.04 Å². The van der Waals surface area contributed by atoms with Crippen LogP contribution in [0.4, 0.5) is 0 Å². The Morgan fingerprint density at radius 2 is 2.50 bits per heavy atom.